The van der Waals surface area contributed by atoms with Crippen molar-refractivity contribution in [1.29, 1.82) is 5.26 Å². The molecule has 0 atom stereocenters. The lowest BCUT2D eigenvalue weighted by molar-refractivity contribution is 0.358. The second-order valence-electron chi connectivity index (χ2n) is 3.87. The van der Waals surface area contributed by atoms with Crippen LogP contribution in [0.1, 0.15) is 5.82 Å². The number of nitrogens with zero attached hydrogens (tertiary/aromatic N) is 4. The van der Waals surface area contributed by atoms with Gasteiger partial charge in [-0.1, -0.05) is 12.1 Å². The van der Waals surface area contributed by atoms with Gasteiger partial charge < -0.3 is 5.73 Å². The highest BCUT2D eigenvalue weighted by molar-refractivity contribution is 5.87. The molecule has 0 amide bonds. The van der Waals surface area contributed by atoms with E-state index in [1.807, 2.05) is 36.2 Å². The number of anilines is 1. The van der Waals surface area contributed by atoms with Gasteiger partial charge in [0, 0.05) is 5.39 Å². The molecule has 2 rings (SSSR count). The number of para-hydroxylation sites is 1. The fourth-order valence-corrected chi connectivity index (χ4v) is 1.64. The van der Waals surface area contributed by atoms with Crippen LogP contribution in [0.25, 0.3) is 10.9 Å². The van der Waals surface area contributed by atoms with Gasteiger partial charge in [0.1, 0.15) is 11.6 Å². The Bertz CT molecular complexity index is 573. The van der Waals surface area contributed by atoms with Crippen LogP contribution in [0.4, 0.5) is 5.82 Å². The Morgan fingerprint density at radius 1 is 1.35 bits per heavy atom. The summed E-state index contributed by atoms with van der Waals surface area (Å²) < 4.78 is 0. The Balaban J connectivity index is 2.34. The van der Waals surface area contributed by atoms with Crippen molar-refractivity contribution in [3.63, 3.8) is 0 Å². The maximum Gasteiger partial charge on any atom is 0.145 e. The van der Waals surface area contributed by atoms with E-state index in [0.717, 1.165) is 10.9 Å². The smallest absolute Gasteiger partial charge is 0.145 e. The summed E-state index contributed by atoms with van der Waals surface area (Å²) in [6.07, 6.45) is 0. The van der Waals surface area contributed by atoms with Gasteiger partial charge in [0.25, 0.3) is 0 Å². The molecule has 0 aliphatic heterocycles. The van der Waals surface area contributed by atoms with Crippen molar-refractivity contribution in [3.05, 3.63) is 30.1 Å². The Kier molecular flexibility index (Phi) is 3.17. The molecule has 17 heavy (non-hydrogen) atoms. The van der Waals surface area contributed by atoms with Crippen LogP contribution in [0.15, 0.2) is 24.3 Å². The van der Waals surface area contributed by atoms with Gasteiger partial charge >= 0.3 is 0 Å². The number of hydrogen-bond acceptors (Lipinski definition) is 5. The molecule has 5 heteroatoms. The minimum Gasteiger partial charge on any atom is -0.383 e. The van der Waals surface area contributed by atoms with Gasteiger partial charge in [-0.3, -0.25) is 4.90 Å². The van der Waals surface area contributed by atoms with Crippen molar-refractivity contribution < 1.29 is 0 Å². The molecule has 0 unspecified atom stereocenters. The molecule has 5 nitrogen and oxygen atoms in total. The summed E-state index contributed by atoms with van der Waals surface area (Å²) in [4.78, 5) is 10.5. The molecule has 0 fully saturated rings. The Hall–Kier alpha value is -2.19. The summed E-state index contributed by atoms with van der Waals surface area (Å²) in [6, 6.07) is 9.70. The largest absolute Gasteiger partial charge is 0.383 e. The van der Waals surface area contributed by atoms with Crippen molar-refractivity contribution in [2.75, 3.05) is 19.3 Å². The second kappa shape index (κ2) is 4.76. The lowest BCUT2D eigenvalue weighted by atomic mass is 10.2. The summed E-state index contributed by atoms with van der Waals surface area (Å²) in [5.41, 5.74) is 6.71. The van der Waals surface area contributed by atoms with E-state index in [2.05, 4.69) is 16.0 Å². The quantitative estimate of drug-likeness (QED) is 0.796. The molecule has 1 aromatic heterocycles. The van der Waals surface area contributed by atoms with Crippen molar-refractivity contribution in [1.82, 2.24) is 14.9 Å². The van der Waals surface area contributed by atoms with Gasteiger partial charge in [-0.2, -0.15) is 5.26 Å². The third kappa shape index (κ3) is 2.49. The monoisotopic (exact) mass is 227 g/mol. The molecule has 86 valence electrons. The summed E-state index contributed by atoms with van der Waals surface area (Å²) in [7, 11) is 1.85. The van der Waals surface area contributed by atoms with Crippen LogP contribution >= 0.6 is 0 Å². The molecule has 2 N–H and O–H groups in total. The zero-order valence-corrected chi connectivity index (χ0v) is 9.59. The van der Waals surface area contributed by atoms with Crippen LogP contribution in [0.3, 0.4) is 0 Å². The zero-order valence-electron chi connectivity index (χ0n) is 9.59. The van der Waals surface area contributed by atoms with Crippen LogP contribution in [-0.2, 0) is 6.54 Å². The number of rotatable bonds is 3. The second-order valence-corrected chi connectivity index (χ2v) is 3.87. The highest BCUT2D eigenvalue weighted by Crippen LogP contribution is 2.17. The maximum absolute atomic E-state index is 8.58. The SMILES string of the molecule is CN(CC#N)Cc1nc(N)c2ccccc2n1. The first-order valence-corrected chi connectivity index (χ1v) is 5.27. The molecule has 0 saturated carbocycles. The van der Waals surface area contributed by atoms with Gasteiger partial charge in [-0.05, 0) is 19.2 Å². The Morgan fingerprint density at radius 2 is 2.12 bits per heavy atom. The Morgan fingerprint density at radius 3 is 2.88 bits per heavy atom. The molecule has 2 aromatic rings. The molecule has 0 saturated heterocycles. The molecule has 0 aliphatic carbocycles. The minimum atomic E-state index is 0.343. The lowest BCUT2D eigenvalue weighted by Crippen LogP contribution is -2.19. The van der Waals surface area contributed by atoms with Gasteiger partial charge in [0.05, 0.1) is 24.7 Å². The predicted molar refractivity (Wildman–Crippen MR) is 65.9 cm³/mol. The van der Waals surface area contributed by atoms with E-state index < -0.39 is 0 Å². The third-order valence-corrected chi connectivity index (χ3v) is 2.43. The molecule has 1 aromatic carbocycles. The van der Waals surface area contributed by atoms with Crippen LogP contribution in [-0.4, -0.2) is 28.5 Å². The molecule has 0 spiro atoms. The van der Waals surface area contributed by atoms with Crippen LogP contribution in [0, 0.1) is 11.3 Å². The van der Waals surface area contributed by atoms with E-state index in [1.54, 1.807) is 0 Å². The third-order valence-electron chi connectivity index (χ3n) is 2.43. The molecule has 0 bridgehead atoms. The van der Waals surface area contributed by atoms with E-state index in [0.29, 0.717) is 24.7 Å². The van der Waals surface area contributed by atoms with E-state index in [1.165, 1.54) is 0 Å². The van der Waals surface area contributed by atoms with E-state index in [-0.39, 0.29) is 0 Å². The molecule has 1 heterocycles. The van der Waals surface area contributed by atoms with Gasteiger partial charge in [0.2, 0.25) is 0 Å². The number of benzene rings is 1. The standard InChI is InChI=1S/C12H13N5/c1-17(7-6-13)8-11-15-10-5-3-2-4-9(10)12(14)16-11/h2-5H,7-8H2,1H3,(H2,14,15,16). The Labute approximate surface area is 99.5 Å². The topological polar surface area (TPSA) is 78.8 Å². The van der Waals surface area contributed by atoms with Gasteiger partial charge in [-0.15, -0.1) is 0 Å². The number of nitriles is 1. The van der Waals surface area contributed by atoms with Gasteiger partial charge in [0.15, 0.2) is 0 Å². The predicted octanol–water partition coefficient (Wildman–Crippen LogP) is 1.17. The fourth-order valence-electron chi connectivity index (χ4n) is 1.64. The van der Waals surface area contributed by atoms with Crippen molar-refractivity contribution in [2.45, 2.75) is 6.54 Å². The van der Waals surface area contributed by atoms with E-state index in [9.17, 15) is 0 Å². The summed E-state index contributed by atoms with van der Waals surface area (Å²) >= 11 is 0. The van der Waals surface area contributed by atoms with E-state index in [4.69, 9.17) is 11.0 Å². The number of nitrogen functional groups attached to an aromatic ring is 1. The summed E-state index contributed by atoms with van der Waals surface area (Å²) in [5, 5.41) is 9.44. The van der Waals surface area contributed by atoms with Gasteiger partial charge in [-0.25, -0.2) is 9.97 Å². The highest BCUT2D eigenvalue weighted by Gasteiger charge is 2.06. The fraction of sp³-hybridized carbons (Fsp3) is 0.250. The summed E-state index contributed by atoms with van der Waals surface area (Å²) in [6.45, 7) is 0.860. The first-order valence-electron chi connectivity index (χ1n) is 5.27. The van der Waals surface area contributed by atoms with Crippen LogP contribution < -0.4 is 5.73 Å². The van der Waals surface area contributed by atoms with Crippen LogP contribution in [0.5, 0.6) is 0 Å². The molecular weight excluding hydrogens is 214 g/mol. The van der Waals surface area contributed by atoms with Crippen molar-refractivity contribution in [3.8, 4) is 6.07 Å². The average molecular weight is 227 g/mol. The highest BCUT2D eigenvalue weighted by atomic mass is 15.1. The first-order chi connectivity index (χ1) is 8.20. The summed E-state index contributed by atoms with van der Waals surface area (Å²) in [5.74, 6) is 1.12. The maximum atomic E-state index is 8.58. The normalized spacial score (nSPS) is 10.6. The van der Waals surface area contributed by atoms with E-state index >= 15 is 0 Å². The molecule has 0 radical (unpaired) electrons. The number of fused-ring (bicyclic) bond motifs is 1. The molecule has 0 aliphatic rings. The van der Waals surface area contributed by atoms with Crippen molar-refractivity contribution in [2.24, 2.45) is 0 Å². The number of aromatic nitrogens is 2. The number of nitrogens with two attached hydrogens (primary N) is 1. The molecular formula is C12H13N5. The number of hydrogen-bond donors (Lipinski definition) is 1. The zero-order chi connectivity index (χ0) is 12.3. The average Bonchev–Trinajstić information content (AvgIpc) is 2.29. The lowest BCUT2D eigenvalue weighted by Gasteiger charge is -2.12. The van der Waals surface area contributed by atoms with Crippen LogP contribution in [0.2, 0.25) is 0 Å². The minimum absolute atomic E-state index is 0.343. The first kappa shape index (κ1) is 11.3. The van der Waals surface area contributed by atoms with Crippen molar-refractivity contribution >= 4 is 16.7 Å².